The third-order valence-electron chi connectivity index (χ3n) is 0.960. The predicted molar refractivity (Wildman–Crippen MR) is 43.6 cm³/mol. The molecule has 12 heavy (non-hydrogen) atoms. The molecular formula is C6H3F3INO. The van der Waals surface area contributed by atoms with Crippen molar-refractivity contribution in [3.63, 3.8) is 0 Å². The maximum atomic E-state index is 11.7. The highest BCUT2D eigenvalue weighted by Crippen LogP contribution is 2.25. The number of hydrogen-bond donors (Lipinski definition) is 0. The summed E-state index contributed by atoms with van der Waals surface area (Å²) in [6, 6.07) is 1.43. The first-order valence-corrected chi connectivity index (χ1v) is 3.92. The summed E-state index contributed by atoms with van der Waals surface area (Å²) in [4.78, 5) is 3.50. The first-order chi connectivity index (χ1) is 5.49. The molecule has 1 heterocycles. The molecule has 0 saturated carbocycles. The monoisotopic (exact) mass is 289 g/mol. The SMILES string of the molecule is FC(F)(F)Oc1cnccc1I. The quantitative estimate of drug-likeness (QED) is 0.741. The van der Waals surface area contributed by atoms with Gasteiger partial charge < -0.3 is 4.74 Å². The standard InChI is InChI=1S/C6H3F3INO/c7-6(8,9)12-5-3-11-2-1-4(5)10/h1-3H. The van der Waals surface area contributed by atoms with Gasteiger partial charge in [-0.3, -0.25) is 4.98 Å². The summed E-state index contributed by atoms with van der Waals surface area (Å²) in [7, 11) is 0. The lowest BCUT2D eigenvalue weighted by molar-refractivity contribution is -0.275. The number of nitrogens with zero attached hydrogens (tertiary/aromatic N) is 1. The van der Waals surface area contributed by atoms with Crippen LogP contribution in [-0.4, -0.2) is 11.3 Å². The Morgan fingerprint density at radius 2 is 2.08 bits per heavy atom. The summed E-state index contributed by atoms with van der Waals surface area (Å²) in [6.45, 7) is 0. The van der Waals surface area contributed by atoms with E-state index in [1.165, 1.54) is 12.3 Å². The summed E-state index contributed by atoms with van der Waals surface area (Å²) in [6.07, 6.45) is -2.23. The summed E-state index contributed by atoms with van der Waals surface area (Å²) in [5.41, 5.74) is 0. The molecule has 0 bridgehead atoms. The molecule has 0 saturated heterocycles. The molecule has 1 aromatic rings. The van der Waals surface area contributed by atoms with E-state index in [2.05, 4.69) is 9.72 Å². The normalized spacial score (nSPS) is 11.3. The van der Waals surface area contributed by atoms with E-state index in [0.717, 1.165) is 6.20 Å². The minimum Gasteiger partial charge on any atom is -0.403 e. The first-order valence-electron chi connectivity index (χ1n) is 2.84. The molecule has 2 nitrogen and oxygen atoms in total. The van der Waals surface area contributed by atoms with Crippen LogP contribution in [0.1, 0.15) is 0 Å². The van der Waals surface area contributed by atoms with E-state index in [0.29, 0.717) is 3.57 Å². The molecule has 0 aromatic carbocycles. The fraction of sp³-hybridized carbons (Fsp3) is 0.167. The van der Waals surface area contributed by atoms with Crippen LogP contribution in [0, 0.1) is 3.57 Å². The van der Waals surface area contributed by atoms with Gasteiger partial charge in [0.15, 0.2) is 5.75 Å². The Balaban J connectivity index is 2.83. The lowest BCUT2D eigenvalue weighted by Gasteiger charge is -2.08. The van der Waals surface area contributed by atoms with Crippen LogP contribution in [0.15, 0.2) is 18.5 Å². The smallest absolute Gasteiger partial charge is 0.403 e. The molecule has 0 amide bonds. The second-order valence-electron chi connectivity index (χ2n) is 1.85. The molecule has 0 atom stereocenters. The van der Waals surface area contributed by atoms with Crippen molar-refractivity contribution in [1.82, 2.24) is 4.98 Å². The number of alkyl halides is 3. The van der Waals surface area contributed by atoms with Crippen LogP contribution in [0.5, 0.6) is 5.75 Å². The van der Waals surface area contributed by atoms with Gasteiger partial charge in [0.2, 0.25) is 0 Å². The van der Waals surface area contributed by atoms with Crippen molar-refractivity contribution in [3.05, 3.63) is 22.0 Å². The van der Waals surface area contributed by atoms with Gasteiger partial charge >= 0.3 is 6.36 Å². The summed E-state index contributed by atoms with van der Waals surface area (Å²) in [5.74, 6) is -0.273. The molecule has 0 N–H and O–H groups in total. The molecule has 66 valence electrons. The second-order valence-corrected chi connectivity index (χ2v) is 3.02. The Labute approximate surface area is 79.9 Å². The topological polar surface area (TPSA) is 22.1 Å². The van der Waals surface area contributed by atoms with Crippen LogP contribution in [0.3, 0.4) is 0 Å². The van der Waals surface area contributed by atoms with E-state index in [9.17, 15) is 13.2 Å². The molecule has 0 fully saturated rings. The van der Waals surface area contributed by atoms with Crippen molar-refractivity contribution in [2.24, 2.45) is 0 Å². The molecule has 6 heteroatoms. The zero-order valence-electron chi connectivity index (χ0n) is 5.60. The van der Waals surface area contributed by atoms with Gasteiger partial charge in [-0.2, -0.15) is 0 Å². The molecule has 0 aliphatic rings. The average Bonchev–Trinajstić information content (AvgIpc) is 1.91. The van der Waals surface area contributed by atoms with Crippen LogP contribution < -0.4 is 4.74 Å². The Bertz CT molecular complexity index is 276. The van der Waals surface area contributed by atoms with Crippen molar-refractivity contribution >= 4 is 22.6 Å². The van der Waals surface area contributed by atoms with Gasteiger partial charge in [0.05, 0.1) is 9.77 Å². The summed E-state index contributed by atoms with van der Waals surface area (Å²) >= 11 is 1.74. The number of halogens is 4. The van der Waals surface area contributed by atoms with E-state index < -0.39 is 6.36 Å². The largest absolute Gasteiger partial charge is 0.573 e. The van der Waals surface area contributed by atoms with E-state index in [4.69, 9.17) is 0 Å². The van der Waals surface area contributed by atoms with Crippen molar-refractivity contribution in [1.29, 1.82) is 0 Å². The lowest BCUT2D eigenvalue weighted by atomic mass is 10.5. The van der Waals surface area contributed by atoms with Crippen LogP contribution >= 0.6 is 22.6 Å². The van der Waals surface area contributed by atoms with Gasteiger partial charge in [0.1, 0.15) is 0 Å². The maximum Gasteiger partial charge on any atom is 0.573 e. The van der Waals surface area contributed by atoms with Crippen molar-refractivity contribution in [2.75, 3.05) is 0 Å². The Morgan fingerprint density at radius 3 is 2.58 bits per heavy atom. The molecule has 0 radical (unpaired) electrons. The van der Waals surface area contributed by atoms with Gasteiger partial charge in [0, 0.05) is 6.20 Å². The highest BCUT2D eigenvalue weighted by molar-refractivity contribution is 14.1. The van der Waals surface area contributed by atoms with Gasteiger partial charge in [-0.15, -0.1) is 13.2 Å². The van der Waals surface area contributed by atoms with Crippen LogP contribution in [0.4, 0.5) is 13.2 Å². The van der Waals surface area contributed by atoms with E-state index >= 15 is 0 Å². The molecule has 0 spiro atoms. The molecule has 1 aromatic heterocycles. The Kier molecular flexibility index (Phi) is 2.76. The van der Waals surface area contributed by atoms with E-state index in [-0.39, 0.29) is 5.75 Å². The first kappa shape index (κ1) is 9.56. The molecular weight excluding hydrogens is 286 g/mol. The van der Waals surface area contributed by atoms with Gasteiger partial charge in [0.25, 0.3) is 0 Å². The summed E-state index contributed by atoms with van der Waals surface area (Å²) in [5, 5.41) is 0. The molecule has 1 rings (SSSR count). The fourth-order valence-corrected chi connectivity index (χ4v) is 0.973. The highest BCUT2D eigenvalue weighted by atomic mass is 127. The summed E-state index contributed by atoms with van der Waals surface area (Å²) < 4.78 is 39.0. The third-order valence-corrected chi connectivity index (χ3v) is 1.85. The van der Waals surface area contributed by atoms with Crippen molar-refractivity contribution < 1.29 is 17.9 Å². The number of rotatable bonds is 1. The van der Waals surface area contributed by atoms with Crippen molar-refractivity contribution in [3.8, 4) is 5.75 Å². The minimum atomic E-state index is -4.65. The second kappa shape index (κ2) is 3.46. The predicted octanol–water partition coefficient (Wildman–Crippen LogP) is 2.58. The lowest BCUT2D eigenvalue weighted by Crippen LogP contribution is -2.17. The zero-order valence-corrected chi connectivity index (χ0v) is 7.76. The zero-order chi connectivity index (χ0) is 9.19. The number of pyridine rings is 1. The van der Waals surface area contributed by atoms with Crippen LogP contribution in [0.25, 0.3) is 0 Å². The number of hydrogen-bond acceptors (Lipinski definition) is 2. The highest BCUT2D eigenvalue weighted by Gasteiger charge is 2.31. The van der Waals surface area contributed by atoms with Gasteiger partial charge in [-0.05, 0) is 28.7 Å². The Hall–Kier alpha value is -0.530. The maximum absolute atomic E-state index is 11.7. The molecule has 0 aliphatic heterocycles. The van der Waals surface area contributed by atoms with Crippen LogP contribution in [0.2, 0.25) is 0 Å². The number of ether oxygens (including phenoxy) is 1. The third kappa shape index (κ3) is 2.84. The fourth-order valence-electron chi connectivity index (χ4n) is 0.563. The minimum absolute atomic E-state index is 0.273. The Morgan fingerprint density at radius 1 is 1.42 bits per heavy atom. The van der Waals surface area contributed by atoms with E-state index in [1.54, 1.807) is 22.6 Å². The average molecular weight is 289 g/mol. The number of aromatic nitrogens is 1. The van der Waals surface area contributed by atoms with Crippen molar-refractivity contribution in [2.45, 2.75) is 6.36 Å². The van der Waals surface area contributed by atoms with Gasteiger partial charge in [-0.25, -0.2) is 0 Å². The molecule has 0 aliphatic carbocycles. The van der Waals surface area contributed by atoms with Crippen LogP contribution in [-0.2, 0) is 0 Å². The molecule has 0 unspecified atom stereocenters. The van der Waals surface area contributed by atoms with E-state index in [1.807, 2.05) is 0 Å². The van der Waals surface area contributed by atoms with Gasteiger partial charge in [-0.1, -0.05) is 0 Å².